The summed E-state index contributed by atoms with van der Waals surface area (Å²) in [6, 6.07) is 6.22. The minimum atomic E-state index is 0.297. The third-order valence-electron chi connectivity index (χ3n) is 2.48. The van der Waals surface area contributed by atoms with E-state index in [0.29, 0.717) is 6.10 Å². The SMILES string of the molecule is COc1ccc(C)cc1CNCCOC(C)C. The number of rotatable bonds is 7. The molecule has 0 bridgehead atoms. The van der Waals surface area contributed by atoms with Crippen LogP contribution in [0.2, 0.25) is 0 Å². The molecule has 3 nitrogen and oxygen atoms in total. The molecule has 0 fully saturated rings. The molecule has 1 rings (SSSR count). The summed E-state index contributed by atoms with van der Waals surface area (Å²) in [7, 11) is 1.70. The van der Waals surface area contributed by atoms with Gasteiger partial charge >= 0.3 is 0 Å². The lowest BCUT2D eigenvalue weighted by Crippen LogP contribution is -2.21. The number of hydrogen-bond acceptors (Lipinski definition) is 3. The number of hydrogen-bond donors (Lipinski definition) is 1. The van der Waals surface area contributed by atoms with Crippen molar-refractivity contribution in [3.63, 3.8) is 0 Å². The molecule has 0 aliphatic rings. The summed E-state index contributed by atoms with van der Waals surface area (Å²) < 4.78 is 10.8. The third-order valence-corrected chi connectivity index (χ3v) is 2.48. The predicted octanol–water partition coefficient (Wildman–Crippen LogP) is 2.52. The van der Waals surface area contributed by atoms with Gasteiger partial charge in [-0.3, -0.25) is 0 Å². The van der Waals surface area contributed by atoms with E-state index < -0.39 is 0 Å². The van der Waals surface area contributed by atoms with Gasteiger partial charge in [0.2, 0.25) is 0 Å². The van der Waals surface area contributed by atoms with E-state index in [2.05, 4.69) is 24.4 Å². The summed E-state index contributed by atoms with van der Waals surface area (Å²) in [5.41, 5.74) is 2.44. The van der Waals surface area contributed by atoms with E-state index in [1.165, 1.54) is 11.1 Å². The fourth-order valence-electron chi connectivity index (χ4n) is 1.64. The first-order chi connectivity index (χ1) is 8.13. The van der Waals surface area contributed by atoms with E-state index in [1.807, 2.05) is 19.9 Å². The summed E-state index contributed by atoms with van der Waals surface area (Å²) >= 11 is 0. The molecule has 0 atom stereocenters. The maximum Gasteiger partial charge on any atom is 0.123 e. The van der Waals surface area contributed by atoms with E-state index in [9.17, 15) is 0 Å². The fraction of sp³-hybridized carbons (Fsp3) is 0.571. The Morgan fingerprint density at radius 2 is 2.06 bits per heavy atom. The molecule has 0 aliphatic carbocycles. The topological polar surface area (TPSA) is 30.5 Å². The van der Waals surface area contributed by atoms with Crippen molar-refractivity contribution >= 4 is 0 Å². The lowest BCUT2D eigenvalue weighted by Gasteiger charge is -2.11. The molecular weight excluding hydrogens is 214 g/mol. The van der Waals surface area contributed by atoms with Crippen molar-refractivity contribution in [1.82, 2.24) is 5.32 Å². The van der Waals surface area contributed by atoms with Crippen LogP contribution in [0.4, 0.5) is 0 Å². The van der Waals surface area contributed by atoms with Crippen LogP contribution >= 0.6 is 0 Å². The Morgan fingerprint density at radius 1 is 1.29 bits per heavy atom. The average molecular weight is 237 g/mol. The average Bonchev–Trinajstić information content (AvgIpc) is 2.28. The highest BCUT2D eigenvalue weighted by atomic mass is 16.5. The Balaban J connectivity index is 2.37. The van der Waals surface area contributed by atoms with Crippen LogP contribution in [0.25, 0.3) is 0 Å². The zero-order chi connectivity index (χ0) is 12.7. The highest BCUT2D eigenvalue weighted by Gasteiger charge is 2.02. The first kappa shape index (κ1) is 14.0. The van der Waals surface area contributed by atoms with E-state index in [0.717, 1.165) is 25.4 Å². The quantitative estimate of drug-likeness (QED) is 0.739. The molecule has 0 unspecified atom stereocenters. The van der Waals surface area contributed by atoms with Crippen molar-refractivity contribution < 1.29 is 9.47 Å². The van der Waals surface area contributed by atoms with E-state index in [-0.39, 0.29) is 0 Å². The zero-order valence-electron chi connectivity index (χ0n) is 11.2. The monoisotopic (exact) mass is 237 g/mol. The Bertz CT molecular complexity index is 337. The molecule has 0 aliphatic heterocycles. The molecule has 96 valence electrons. The molecule has 0 radical (unpaired) electrons. The summed E-state index contributed by atoms with van der Waals surface area (Å²) in [6.07, 6.45) is 0.297. The molecule has 0 saturated carbocycles. The number of ether oxygens (including phenoxy) is 2. The van der Waals surface area contributed by atoms with Gasteiger partial charge in [0.05, 0.1) is 19.8 Å². The number of aryl methyl sites for hydroxylation is 1. The number of benzene rings is 1. The van der Waals surface area contributed by atoms with Gasteiger partial charge in [0.15, 0.2) is 0 Å². The standard InChI is InChI=1S/C14H23NO2/c1-11(2)17-8-7-15-10-13-9-12(3)5-6-14(13)16-4/h5-6,9,11,15H,7-8,10H2,1-4H3. The fourth-order valence-corrected chi connectivity index (χ4v) is 1.64. The maximum atomic E-state index is 5.47. The van der Waals surface area contributed by atoms with Gasteiger partial charge in [-0.05, 0) is 26.8 Å². The second kappa shape index (κ2) is 7.30. The second-order valence-electron chi connectivity index (χ2n) is 4.41. The van der Waals surface area contributed by atoms with E-state index >= 15 is 0 Å². The molecular formula is C14H23NO2. The van der Waals surface area contributed by atoms with E-state index in [1.54, 1.807) is 7.11 Å². The van der Waals surface area contributed by atoms with Crippen LogP contribution < -0.4 is 10.1 Å². The Hall–Kier alpha value is -1.06. The number of nitrogens with one attached hydrogen (secondary N) is 1. The smallest absolute Gasteiger partial charge is 0.123 e. The molecule has 17 heavy (non-hydrogen) atoms. The first-order valence-corrected chi connectivity index (χ1v) is 6.09. The second-order valence-corrected chi connectivity index (χ2v) is 4.41. The first-order valence-electron chi connectivity index (χ1n) is 6.09. The van der Waals surface area contributed by atoms with Gasteiger partial charge in [-0.1, -0.05) is 17.7 Å². The van der Waals surface area contributed by atoms with Gasteiger partial charge in [-0.25, -0.2) is 0 Å². The van der Waals surface area contributed by atoms with Crippen molar-refractivity contribution in [3.8, 4) is 5.75 Å². The van der Waals surface area contributed by atoms with Gasteiger partial charge in [0.1, 0.15) is 5.75 Å². The molecule has 0 aromatic heterocycles. The van der Waals surface area contributed by atoms with Crippen LogP contribution in [0.5, 0.6) is 5.75 Å². The summed E-state index contributed by atoms with van der Waals surface area (Å²) in [5.74, 6) is 0.938. The lowest BCUT2D eigenvalue weighted by atomic mass is 10.1. The zero-order valence-corrected chi connectivity index (χ0v) is 11.2. The van der Waals surface area contributed by atoms with Crippen LogP contribution in [-0.2, 0) is 11.3 Å². The van der Waals surface area contributed by atoms with Crippen LogP contribution in [0.1, 0.15) is 25.0 Å². The molecule has 0 heterocycles. The Labute approximate surface area is 104 Å². The number of methoxy groups -OCH3 is 1. The normalized spacial score (nSPS) is 10.9. The molecule has 0 spiro atoms. The molecule has 1 aromatic rings. The van der Waals surface area contributed by atoms with Crippen LogP contribution in [0, 0.1) is 6.92 Å². The highest BCUT2D eigenvalue weighted by Crippen LogP contribution is 2.19. The van der Waals surface area contributed by atoms with Gasteiger partial charge in [-0.2, -0.15) is 0 Å². The predicted molar refractivity (Wildman–Crippen MR) is 70.5 cm³/mol. The summed E-state index contributed by atoms with van der Waals surface area (Å²) in [4.78, 5) is 0. The van der Waals surface area contributed by atoms with E-state index in [4.69, 9.17) is 9.47 Å². The Morgan fingerprint density at radius 3 is 2.71 bits per heavy atom. The van der Waals surface area contributed by atoms with Crippen molar-refractivity contribution in [3.05, 3.63) is 29.3 Å². The minimum absolute atomic E-state index is 0.297. The largest absolute Gasteiger partial charge is 0.496 e. The highest BCUT2D eigenvalue weighted by molar-refractivity contribution is 5.36. The Kier molecular flexibility index (Phi) is 6.01. The van der Waals surface area contributed by atoms with Crippen LogP contribution in [-0.4, -0.2) is 26.4 Å². The summed E-state index contributed by atoms with van der Waals surface area (Å²) in [5, 5.41) is 3.35. The van der Waals surface area contributed by atoms with Crippen molar-refractivity contribution in [2.24, 2.45) is 0 Å². The van der Waals surface area contributed by atoms with Gasteiger partial charge in [-0.15, -0.1) is 0 Å². The minimum Gasteiger partial charge on any atom is -0.496 e. The molecule has 0 saturated heterocycles. The van der Waals surface area contributed by atoms with Crippen molar-refractivity contribution in [2.45, 2.75) is 33.4 Å². The molecule has 1 aromatic carbocycles. The van der Waals surface area contributed by atoms with Crippen molar-refractivity contribution in [1.29, 1.82) is 0 Å². The van der Waals surface area contributed by atoms with Gasteiger partial charge in [0.25, 0.3) is 0 Å². The molecule has 0 amide bonds. The van der Waals surface area contributed by atoms with Gasteiger partial charge < -0.3 is 14.8 Å². The lowest BCUT2D eigenvalue weighted by molar-refractivity contribution is 0.0807. The van der Waals surface area contributed by atoms with Crippen LogP contribution in [0.15, 0.2) is 18.2 Å². The van der Waals surface area contributed by atoms with Crippen LogP contribution in [0.3, 0.4) is 0 Å². The van der Waals surface area contributed by atoms with Gasteiger partial charge in [0, 0.05) is 18.7 Å². The third kappa shape index (κ3) is 5.20. The van der Waals surface area contributed by atoms with Crippen molar-refractivity contribution in [2.75, 3.05) is 20.3 Å². The maximum absolute atomic E-state index is 5.47. The summed E-state index contributed by atoms with van der Waals surface area (Å²) in [6.45, 7) is 8.59. The molecule has 3 heteroatoms. The molecule has 1 N–H and O–H groups in total.